The van der Waals surface area contributed by atoms with Gasteiger partial charge in [-0.2, -0.15) is 11.8 Å². The van der Waals surface area contributed by atoms with E-state index in [4.69, 9.17) is 0 Å². The van der Waals surface area contributed by atoms with E-state index in [2.05, 4.69) is 37.8 Å². The highest BCUT2D eigenvalue weighted by Gasteiger charge is 2.32. The minimum absolute atomic E-state index is 0.0253. The van der Waals surface area contributed by atoms with Crippen LogP contribution in [0.2, 0.25) is 0 Å². The quantitative estimate of drug-likeness (QED) is 0.790. The maximum atomic E-state index is 12.6. The van der Waals surface area contributed by atoms with Gasteiger partial charge in [0.1, 0.15) is 0 Å². The highest BCUT2D eigenvalue weighted by molar-refractivity contribution is 8.00. The Morgan fingerprint density at radius 3 is 2.55 bits per heavy atom. The fourth-order valence-corrected chi connectivity index (χ4v) is 3.83. The van der Waals surface area contributed by atoms with Crippen LogP contribution in [0.15, 0.2) is 24.3 Å². The zero-order chi connectivity index (χ0) is 14.8. The lowest BCUT2D eigenvalue weighted by molar-refractivity contribution is 0.0832. The van der Waals surface area contributed by atoms with Crippen LogP contribution in [0.5, 0.6) is 0 Å². The molecule has 1 aromatic carbocycles. The average Bonchev–Trinajstić information content (AvgIpc) is 2.45. The SMILES string of the molecule is CCc1ccc(C(=O)C(C)N2CCSC(C)(C)C2)cc1. The topological polar surface area (TPSA) is 20.3 Å². The summed E-state index contributed by atoms with van der Waals surface area (Å²) in [5.74, 6) is 1.36. The summed E-state index contributed by atoms with van der Waals surface area (Å²) in [6, 6.07) is 8.05. The van der Waals surface area contributed by atoms with Crippen LogP contribution < -0.4 is 0 Å². The molecule has 1 unspecified atom stereocenters. The standard InChI is InChI=1S/C17H25NOS/c1-5-14-6-8-15(9-7-14)16(19)13(2)18-10-11-20-17(3,4)12-18/h6-9,13H,5,10-12H2,1-4H3. The van der Waals surface area contributed by atoms with Crippen molar-refractivity contribution in [3.8, 4) is 0 Å². The van der Waals surface area contributed by atoms with Crippen LogP contribution in [0.4, 0.5) is 0 Å². The number of aryl methyl sites for hydroxylation is 1. The largest absolute Gasteiger partial charge is 0.292 e. The molecule has 1 heterocycles. The number of carbonyl (C=O) groups is 1. The molecule has 1 aliphatic heterocycles. The number of ketones is 1. The molecular formula is C17H25NOS. The Balaban J connectivity index is 2.07. The Morgan fingerprint density at radius 2 is 2.00 bits per heavy atom. The molecule has 1 aromatic rings. The molecule has 110 valence electrons. The first kappa shape index (κ1) is 15.6. The van der Waals surface area contributed by atoms with Gasteiger partial charge >= 0.3 is 0 Å². The molecule has 0 aliphatic carbocycles. The van der Waals surface area contributed by atoms with Crippen LogP contribution in [0.1, 0.15) is 43.6 Å². The van der Waals surface area contributed by atoms with Crippen molar-refractivity contribution in [2.45, 2.75) is 44.9 Å². The van der Waals surface area contributed by atoms with Gasteiger partial charge in [-0.25, -0.2) is 0 Å². The molecule has 0 N–H and O–H groups in total. The van der Waals surface area contributed by atoms with Crippen molar-refractivity contribution in [2.75, 3.05) is 18.8 Å². The van der Waals surface area contributed by atoms with Gasteiger partial charge in [0.25, 0.3) is 0 Å². The molecule has 2 rings (SSSR count). The predicted molar refractivity (Wildman–Crippen MR) is 87.7 cm³/mol. The number of thioether (sulfide) groups is 1. The summed E-state index contributed by atoms with van der Waals surface area (Å²) < 4.78 is 0.249. The second-order valence-corrected chi connectivity index (χ2v) is 7.97. The van der Waals surface area contributed by atoms with Crippen molar-refractivity contribution < 1.29 is 4.79 Å². The lowest BCUT2D eigenvalue weighted by Crippen LogP contribution is -2.49. The zero-order valence-corrected chi connectivity index (χ0v) is 13.8. The van der Waals surface area contributed by atoms with E-state index in [0.717, 1.165) is 30.8 Å². The third kappa shape index (κ3) is 3.64. The second kappa shape index (κ2) is 6.31. The third-order valence-corrected chi connectivity index (χ3v) is 5.33. The van der Waals surface area contributed by atoms with E-state index in [1.54, 1.807) is 0 Å². The highest BCUT2D eigenvalue weighted by Crippen LogP contribution is 2.30. The number of benzene rings is 1. The van der Waals surface area contributed by atoms with Crippen molar-refractivity contribution in [1.29, 1.82) is 0 Å². The van der Waals surface area contributed by atoms with Gasteiger partial charge in [0.05, 0.1) is 6.04 Å². The minimum Gasteiger partial charge on any atom is -0.292 e. The lowest BCUT2D eigenvalue weighted by Gasteiger charge is -2.40. The fraction of sp³-hybridized carbons (Fsp3) is 0.588. The van der Waals surface area contributed by atoms with E-state index in [9.17, 15) is 4.79 Å². The molecule has 0 bridgehead atoms. The molecule has 1 saturated heterocycles. The smallest absolute Gasteiger partial charge is 0.179 e. The molecule has 1 fully saturated rings. The summed E-state index contributed by atoms with van der Waals surface area (Å²) in [6.07, 6.45) is 1.02. The molecule has 0 radical (unpaired) electrons. The maximum absolute atomic E-state index is 12.6. The molecule has 0 amide bonds. The summed E-state index contributed by atoms with van der Waals surface area (Å²) in [5, 5.41) is 0. The van der Waals surface area contributed by atoms with Gasteiger partial charge in [0, 0.05) is 29.2 Å². The van der Waals surface area contributed by atoms with Crippen molar-refractivity contribution >= 4 is 17.5 Å². The second-order valence-electron chi connectivity index (χ2n) is 6.17. The van der Waals surface area contributed by atoms with Crippen molar-refractivity contribution in [2.24, 2.45) is 0 Å². The molecule has 0 spiro atoms. The third-order valence-electron chi connectivity index (χ3n) is 4.03. The summed E-state index contributed by atoms with van der Waals surface area (Å²) in [7, 11) is 0. The van der Waals surface area contributed by atoms with Gasteiger partial charge in [0.15, 0.2) is 5.78 Å². The van der Waals surface area contributed by atoms with E-state index < -0.39 is 0 Å². The van der Waals surface area contributed by atoms with Crippen LogP contribution in [-0.4, -0.2) is 40.3 Å². The van der Waals surface area contributed by atoms with E-state index in [0.29, 0.717) is 0 Å². The van der Waals surface area contributed by atoms with E-state index in [1.165, 1.54) is 5.56 Å². The van der Waals surface area contributed by atoms with Crippen molar-refractivity contribution in [3.63, 3.8) is 0 Å². The fourth-order valence-electron chi connectivity index (χ4n) is 2.70. The molecule has 0 aromatic heterocycles. The average molecular weight is 291 g/mol. The predicted octanol–water partition coefficient (Wildman–Crippen LogP) is 3.65. The molecule has 1 atom stereocenters. The Bertz CT molecular complexity index is 466. The Labute approximate surface area is 126 Å². The van der Waals surface area contributed by atoms with Crippen LogP contribution in [-0.2, 0) is 6.42 Å². The Hall–Kier alpha value is -0.800. The monoisotopic (exact) mass is 291 g/mol. The normalized spacial score (nSPS) is 20.6. The summed E-state index contributed by atoms with van der Waals surface area (Å²) in [6.45, 7) is 10.7. The molecular weight excluding hydrogens is 266 g/mol. The van der Waals surface area contributed by atoms with E-state index >= 15 is 0 Å². The summed E-state index contributed by atoms with van der Waals surface area (Å²) in [4.78, 5) is 14.9. The maximum Gasteiger partial charge on any atom is 0.179 e. The van der Waals surface area contributed by atoms with Crippen LogP contribution in [0, 0.1) is 0 Å². The number of nitrogens with zero attached hydrogens (tertiary/aromatic N) is 1. The van der Waals surface area contributed by atoms with Gasteiger partial charge in [-0.1, -0.05) is 31.2 Å². The molecule has 1 aliphatic rings. The number of hydrogen-bond acceptors (Lipinski definition) is 3. The Kier molecular flexibility index (Phi) is 4.92. The molecule has 2 nitrogen and oxygen atoms in total. The number of carbonyl (C=O) groups excluding carboxylic acids is 1. The highest BCUT2D eigenvalue weighted by atomic mass is 32.2. The molecule has 20 heavy (non-hydrogen) atoms. The van der Waals surface area contributed by atoms with Gasteiger partial charge < -0.3 is 0 Å². The van der Waals surface area contributed by atoms with E-state index in [-0.39, 0.29) is 16.6 Å². The zero-order valence-electron chi connectivity index (χ0n) is 13.0. The first-order valence-corrected chi connectivity index (χ1v) is 8.42. The number of hydrogen-bond donors (Lipinski definition) is 0. The summed E-state index contributed by atoms with van der Waals surface area (Å²) in [5.41, 5.74) is 2.12. The van der Waals surface area contributed by atoms with Gasteiger partial charge in [-0.05, 0) is 32.8 Å². The number of rotatable bonds is 4. The lowest BCUT2D eigenvalue weighted by atomic mass is 10.0. The molecule has 0 saturated carbocycles. The van der Waals surface area contributed by atoms with Crippen molar-refractivity contribution in [1.82, 2.24) is 4.90 Å². The van der Waals surface area contributed by atoms with Gasteiger partial charge in [-0.15, -0.1) is 0 Å². The van der Waals surface area contributed by atoms with Gasteiger partial charge in [-0.3, -0.25) is 9.69 Å². The summed E-state index contributed by atoms with van der Waals surface area (Å²) >= 11 is 2.00. The first-order chi connectivity index (χ1) is 9.43. The van der Waals surface area contributed by atoms with E-state index in [1.807, 2.05) is 30.8 Å². The Morgan fingerprint density at radius 1 is 1.35 bits per heavy atom. The van der Waals surface area contributed by atoms with Crippen LogP contribution >= 0.6 is 11.8 Å². The van der Waals surface area contributed by atoms with Crippen LogP contribution in [0.3, 0.4) is 0 Å². The first-order valence-electron chi connectivity index (χ1n) is 7.44. The number of Topliss-reactive ketones (excluding diaryl/α,β-unsaturated/α-hetero) is 1. The minimum atomic E-state index is -0.0253. The molecule has 3 heteroatoms. The van der Waals surface area contributed by atoms with Crippen LogP contribution in [0.25, 0.3) is 0 Å². The van der Waals surface area contributed by atoms with Gasteiger partial charge in [0.2, 0.25) is 0 Å². The van der Waals surface area contributed by atoms with Crippen molar-refractivity contribution in [3.05, 3.63) is 35.4 Å².